The largest absolute Gasteiger partial charge is 0.497 e. The number of amides is 2. The van der Waals surface area contributed by atoms with E-state index in [2.05, 4.69) is 17.6 Å². The van der Waals surface area contributed by atoms with Crippen LogP contribution in [0.2, 0.25) is 0 Å². The zero-order chi connectivity index (χ0) is 60.4. The Kier molecular flexibility index (Phi) is 29.0. The zero-order valence-corrected chi connectivity index (χ0v) is 50.9. The third-order valence-corrected chi connectivity index (χ3v) is 15.6. The topological polar surface area (TPSA) is 141 Å². The van der Waals surface area contributed by atoms with Crippen LogP contribution in [0.1, 0.15) is 121 Å². The van der Waals surface area contributed by atoms with Gasteiger partial charge in [0, 0.05) is 18.5 Å². The second-order valence-corrected chi connectivity index (χ2v) is 22.3. The van der Waals surface area contributed by atoms with Crippen LogP contribution in [0, 0.1) is 0 Å². The van der Waals surface area contributed by atoms with Crippen molar-refractivity contribution < 1.29 is 52.2 Å². The molecule has 13 nitrogen and oxygen atoms in total. The first-order valence-corrected chi connectivity index (χ1v) is 31.3. The quantitative estimate of drug-likeness (QED) is 0.0355. The molecule has 0 aliphatic carbocycles. The van der Waals surface area contributed by atoms with Gasteiger partial charge in [0.05, 0.1) is 72.1 Å². The highest BCUT2D eigenvalue weighted by atomic mass is 16.7. The van der Waals surface area contributed by atoms with Crippen LogP contribution >= 0.6 is 0 Å². The van der Waals surface area contributed by atoms with Crippen LogP contribution in [0.4, 0.5) is 0 Å². The summed E-state index contributed by atoms with van der Waals surface area (Å²) in [5.41, 5.74) is 6.60. The SMILES string of the molecule is CC[C@@H](OCc1ccccc1)[C@@H](OCc1ccccc1)[C@H](CO[C@H]1OC(COCc2ccccc2)[C@H](OCc2ccccc2)C(OCc2ccccc2)C1OCc1ccccc1)NC(=O)CCCCCCCCCCCNC(=O)c1cccc(OC)c1. The van der Waals surface area contributed by atoms with Crippen LogP contribution in [0.3, 0.4) is 0 Å². The van der Waals surface area contributed by atoms with Crippen molar-refractivity contribution >= 4 is 11.8 Å². The second-order valence-electron chi connectivity index (χ2n) is 22.3. The molecule has 2 N–H and O–H groups in total. The van der Waals surface area contributed by atoms with Gasteiger partial charge in [0.25, 0.3) is 5.91 Å². The van der Waals surface area contributed by atoms with E-state index in [-0.39, 0.29) is 44.8 Å². The summed E-state index contributed by atoms with van der Waals surface area (Å²) < 4.78 is 60.9. The first-order valence-electron chi connectivity index (χ1n) is 31.3. The van der Waals surface area contributed by atoms with E-state index >= 15 is 0 Å². The van der Waals surface area contributed by atoms with Crippen molar-refractivity contribution in [1.82, 2.24) is 10.6 Å². The molecule has 0 spiro atoms. The molecular formula is C74H90N2O11. The minimum Gasteiger partial charge on any atom is -0.497 e. The van der Waals surface area contributed by atoms with Crippen molar-refractivity contribution in [2.45, 2.75) is 166 Å². The minimum absolute atomic E-state index is 0.0145. The first kappa shape index (κ1) is 65.9. The third-order valence-electron chi connectivity index (χ3n) is 15.6. The number of methoxy groups -OCH3 is 1. The number of unbranched alkanes of at least 4 members (excludes halogenated alkanes) is 8. The van der Waals surface area contributed by atoms with Gasteiger partial charge in [-0.3, -0.25) is 9.59 Å². The van der Waals surface area contributed by atoms with E-state index in [1.54, 1.807) is 19.2 Å². The van der Waals surface area contributed by atoms with Crippen LogP contribution < -0.4 is 15.4 Å². The van der Waals surface area contributed by atoms with Crippen molar-refractivity contribution in [3.63, 3.8) is 0 Å². The summed E-state index contributed by atoms with van der Waals surface area (Å²) in [4.78, 5) is 27.1. The Morgan fingerprint density at radius 2 is 0.943 bits per heavy atom. The van der Waals surface area contributed by atoms with Crippen molar-refractivity contribution in [2.24, 2.45) is 0 Å². The highest BCUT2D eigenvalue weighted by molar-refractivity contribution is 5.94. The predicted molar refractivity (Wildman–Crippen MR) is 340 cm³/mol. The van der Waals surface area contributed by atoms with Crippen molar-refractivity contribution in [2.75, 3.05) is 26.9 Å². The van der Waals surface area contributed by atoms with Gasteiger partial charge in [0.2, 0.25) is 5.91 Å². The first-order chi connectivity index (χ1) is 42.9. The van der Waals surface area contributed by atoms with Crippen LogP contribution in [-0.2, 0) is 82.3 Å². The smallest absolute Gasteiger partial charge is 0.251 e. The number of carbonyl (C=O) groups is 2. The Bertz CT molecular complexity index is 2950. The Morgan fingerprint density at radius 1 is 0.483 bits per heavy atom. The maximum absolute atomic E-state index is 14.5. The average molecular weight is 1180 g/mol. The molecule has 8 rings (SSSR count). The lowest BCUT2D eigenvalue weighted by atomic mass is 9.97. The van der Waals surface area contributed by atoms with Gasteiger partial charge in [-0.25, -0.2) is 0 Å². The number of benzene rings is 7. The van der Waals surface area contributed by atoms with Gasteiger partial charge in [-0.05, 0) is 70.8 Å². The Hall–Kier alpha value is -7.04. The van der Waals surface area contributed by atoms with Gasteiger partial charge in [0.1, 0.15) is 36.3 Å². The molecule has 0 radical (unpaired) electrons. The number of ether oxygens (including phenoxy) is 9. The van der Waals surface area contributed by atoms with E-state index in [1.807, 2.05) is 194 Å². The third kappa shape index (κ3) is 23.2. The van der Waals surface area contributed by atoms with Gasteiger partial charge in [-0.1, -0.05) is 240 Å². The molecule has 0 aromatic heterocycles. The highest BCUT2D eigenvalue weighted by Gasteiger charge is 2.50. The van der Waals surface area contributed by atoms with Crippen LogP contribution in [0.5, 0.6) is 5.75 Å². The number of rotatable bonds is 40. The fourth-order valence-electron chi connectivity index (χ4n) is 10.8. The van der Waals surface area contributed by atoms with E-state index in [0.29, 0.717) is 50.5 Å². The fourth-order valence-corrected chi connectivity index (χ4v) is 10.8. The molecule has 1 fully saturated rings. The van der Waals surface area contributed by atoms with E-state index in [4.69, 9.17) is 42.6 Å². The number of hydrogen-bond donors (Lipinski definition) is 2. The van der Waals surface area contributed by atoms with Crippen LogP contribution in [-0.4, -0.2) is 87.6 Å². The Morgan fingerprint density at radius 3 is 1.46 bits per heavy atom. The molecule has 1 aliphatic heterocycles. The highest BCUT2D eigenvalue weighted by Crippen LogP contribution is 2.33. The van der Waals surface area contributed by atoms with Gasteiger partial charge in [0.15, 0.2) is 6.29 Å². The fraction of sp³-hybridized carbons (Fsp3) is 0.405. The van der Waals surface area contributed by atoms with Crippen LogP contribution in [0.25, 0.3) is 0 Å². The summed E-state index contributed by atoms with van der Waals surface area (Å²) in [6, 6.07) is 66.9. The minimum atomic E-state index is -1.03. The molecule has 87 heavy (non-hydrogen) atoms. The molecule has 7 aromatic rings. The lowest BCUT2D eigenvalue weighted by molar-refractivity contribution is -0.330. The molecule has 0 saturated carbocycles. The van der Waals surface area contributed by atoms with Gasteiger partial charge in [-0.15, -0.1) is 0 Å². The molecule has 2 amide bonds. The number of nitrogens with one attached hydrogen (secondary N) is 2. The second kappa shape index (κ2) is 38.3. The molecule has 1 saturated heterocycles. The van der Waals surface area contributed by atoms with E-state index in [0.717, 1.165) is 91.2 Å². The van der Waals surface area contributed by atoms with Crippen molar-refractivity contribution in [3.05, 3.63) is 245 Å². The summed E-state index contributed by atoms with van der Waals surface area (Å²) in [5, 5.41) is 6.46. The zero-order valence-electron chi connectivity index (χ0n) is 50.9. The van der Waals surface area contributed by atoms with Gasteiger partial charge < -0.3 is 53.3 Å². The standard InChI is InChI=1S/C74H90N2O11/c1-3-66(81-50-58-34-19-12-20-35-58)69(82-51-59-36-21-13-22-37-59)65(76-68(77)46-29-9-7-5-4-6-8-10-30-47-75-73(78)63-44-31-45-64(48-63)79-2)55-86-74-72(85-54-62-42-27-16-28-43-62)71(84-53-61-40-25-15-26-41-61)70(83-52-60-38-23-14-24-39-60)67(87-74)56-80-49-57-32-17-11-18-33-57/h11-28,31-45,48,65-67,69-72,74H,3-10,29-30,46-47,49-56H2,1-2H3,(H,75,78)(H,76,77)/t65-,66+,67?,69-,70-,71?,72?,74-/m0/s1. The lowest BCUT2D eigenvalue weighted by Gasteiger charge is -2.46. The monoisotopic (exact) mass is 1180 g/mol. The molecule has 7 aromatic carbocycles. The van der Waals surface area contributed by atoms with E-state index in [1.165, 1.54) is 0 Å². The summed E-state index contributed by atoms with van der Waals surface area (Å²) in [7, 11) is 1.60. The maximum Gasteiger partial charge on any atom is 0.251 e. The predicted octanol–water partition coefficient (Wildman–Crippen LogP) is 14.1. The molecular weight excluding hydrogens is 1090 g/mol. The van der Waals surface area contributed by atoms with Gasteiger partial charge in [-0.2, -0.15) is 0 Å². The summed E-state index contributed by atoms with van der Waals surface area (Å²) >= 11 is 0. The molecule has 3 unspecified atom stereocenters. The van der Waals surface area contributed by atoms with Gasteiger partial charge >= 0.3 is 0 Å². The van der Waals surface area contributed by atoms with Crippen molar-refractivity contribution in [1.29, 1.82) is 0 Å². The van der Waals surface area contributed by atoms with E-state index < -0.39 is 49.0 Å². The average Bonchev–Trinajstić information content (AvgIpc) is 2.40. The van der Waals surface area contributed by atoms with E-state index in [9.17, 15) is 9.59 Å². The molecule has 1 aliphatic rings. The van der Waals surface area contributed by atoms with Crippen molar-refractivity contribution in [3.8, 4) is 5.75 Å². The van der Waals surface area contributed by atoms with Crippen LogP contribution in [0.15, 0.2) is 206 Å². The Balaban J connectivity index is 0.996. The Labute approximate surface area is 516 Å². The molecule has 8 atom stereocenters. The molecule has 13 heteroatoms. The molecule has 1 heterocycles. The summed E-state index contributed by atoms with van der Waals surface area (Å²) in [6.07, 6.45) is 5.06. The summed E-state index contributed by atoms with van der Waals surface area (Å²) in [5.74, 6) is 0.489. The normalized spacial score (nSPS) is 17.7. The number of hydrogen-bond acceptors (Lipinski definition) is 11. The lowest BCUT2D eigenvalue weighted by Crippen LogP contribution is -2.62. The maximum atomic E-state index is 14.5. The number of carbonyl (C=O) groups excluding carboxylic acids is 2. The molecule has 0 bridgehead atoms. The molecule has 462 valence electrons. The summed E-state index contributed by atoms with van der Waals surface area (Å²) in [6.45, 7) is 4.66.